The molecule has 3 nitrogen and oxygen atoms in total. The summed E-state index contributed by atoms with van der Waals surface area (Å²) >= 11 is 9.26. The molecule has 2 aromatic rings. The number of hydrogen-bond acceptors (Lipinski definition) is 3. The average molecular weight is 341 g/mol. The normalized spacial score (nSPS) is 12.2. The van der Waals surface area contributed by atoms with Gasteiger partial charge in [0.15, 0.2) is 0 Å². The Balaban J connectivity index is 1.86. The Morgan fingerprint density at radius 3 is 2.74 bits per heavy atom. The van der Waals surface area contributed by atoms with Crippen molar-refractivity contribution < 1.29 is 0 Å². The molecule has 0 bridgehead atoms. The molecule has 0 aliphatic rings. The van der Waals surface area contributed by atoms with E-state index in [9.17, 15) is 0 Å². The van der Waals surface area contributed by atoms with Crippen LogP contribution in [0.4, 0.5) is 5.82 Å². The van der Waals surface area contributed by atoms with Gasteiger partial charge in [-0.05, 0) is 34.0 Å². The number of pyridine rings is 1. The number of benzene rings is 1. The van der Waals surface area contributed by atoms with E-state index >= 15 is 0 Å². The zero-order valence-electron chi connectivity index (χ0n) is 10.3. The quantitative estimate of drug-likeness (QED) is 0.865. The molecule has 1 aromatic heterocycles. The van der Waals surface area contributed by atoms with E-state index in [4.69, 9.17) is 17.3 Å². The molecule has 0 saturated carbocycles. The maximum atomic E-state index is 6.13. The predicted molar refractivity (Wildman–Crippen MR) is 83.4 cm³/mol. The van der Waals surface area contributed by atoms with Crippen molar-refractivity contribution in [1.82, 2.24) is 4.98 Å². The van der Waals surface area contributed by atoms with E-state index in [1.54, 1.807) is 6.20 Å². The molecule has 2 rings (SSSR count). The molecular weight excluding hydrogens is 326 g/mol. The van der Waals surface area contributed by atoms with Gasteiger partial charge in [-0.1, -0.05) is 41.9 Å². The van der Waals surface area contributed by atoms with Gasteiger partial charge in [0.25, 0.3) is 0 Å². The van der Waals surface area contributed by atoms with Crippen molar-refractivity contribution in [3.8, 4) is 0 Å². The van der Waals surface area contributed by atoms with Gasteiger partial charge in [0.05, 0.1) is 9.50 Å². The summed E-state index contributed by atoms with van der Waals surface area (Å²) in [5, 5.41) is 3.85. The zero-order valence-corrected chi connectivity index (χ0v) is 12.7. The Labute approximate surface area is 126 Å². The molecule has 1 heterocycles. The van der Waals surface area contributed by atoms with Crippen LogP contribution in [0, 0.1) is 0 Å². The third-order valence-electron chi connectivity index (χ3n) is 2.78. The number of nitrogens with zero attached hydrogens (tertiary/aromatic N) is 1. The topological polar surface area (TPSA) is 50.9 Å². The van der Waals surface area contributed by atoms with E-state index < -0.39 is 0 Å². The average Bonchev–Trinajstić information content (AvgIpc) is 2.42. The highest BCUT2D eigenvalue weighted by molar-refractivity contribution is 9.10. The largest absolute Gasteiger partial charge is 0.369 e. The van der Waals surface area contributed by atoms with Crippen LogP contribution >= 0.6 is 27.5 Å². The molecule has 19 heavy (non-hydrogen) atoms. The van der Waals surface area contributed by atoms with E-state index in [0.717, 1.165) is 28.8 Å². The molecular formula is C14H15BrClN3. The first-order valence-electron chi connectivity index (χ1n) is 6.02. The van der Waals surface area contributed by atoms with Gasteiger partial charge >= 0.3 is 0 Å². The van der Waals surface area contributed by atoms with Crippen molar-refractivity contribution in [2.45, 2.75) is 12.5 Å². The van der Waals surface area contributed by atoms with Crippen LogP contribution in [0.25, 0.3) is 0 Å². The maximum absolute atomic E-state index is 6.13. The number of halogens is 2. The molecule has 0 aliphatic carbocycles. The Morgan fingerprint density at radius 2 is 2.05 bits per heavy atom. The minimum Gasteiger partial charge on any atom is -0.369 e. The fourth-order valence-corrected chi connectivity index (χ4v) is 2.54. The standard InChI is InChI=1S/C14H15BrClN3/c15-12-8-11(16)9-19-14(12)18-7-6-13(17)10-4-2-1-3-5-10/h1-5,8-9,13H,6-7,17H2,(H,18,19). The second-order valence-corrected chi connectivity index (χ2v) is 5.51. The lowest BCUT2D eigenvalue weighted by atomic mass is 10.1. The lowest BCUT2D eigenvalue weighted by Gasteiger charge is -2.13. The van der Waals surface area contributed by atoms with Crippen LogP contribution < -0.4 is 11.1 Å². The highest BCUT2D eigenvalue weighted by Gasteiger charge is 2.06. The van der Waals surface area contributed by atoms with Gasteiger partial charge in [-0.3, -0.25) is 0 Å². The number of hydrogen-bond donors (Lipinski definition) is 2. The van der Waals surface area contributed by atoms with Crippen molar-refractivity contribution in [2.24, 2.45) is 5.73 Å². The maximum Gasteiger partial charge on any atom is 0.140 e. The number of anilines is 1. The lowest BCUT2D eigenvalue weighted by molar-refractivity contribution is 0.674. The van der Waals surface area contributed by atoms with Crippen molar-refractivity contribution in [1.29, 1.82) is 0 Å². The Kier molecular flexibility index (Phi) is 5.19. The van der Waals surface area contributed by atoms with E-state index in [2.05, 4.69) is 26.2 Å². The van der Waals surface area contributed by atoms with Crippen molar-refractivity contribution in [2.75, 3.05) is 11.9 Å². The van der Waals surface area contributed by atoms with Gasteiger partial charge in [-0.2, -0.15) is 0 Å². The highest BCUT2D eigenvalue weighted by atomic mass is 79.9. The molecule has 1 aromatic carbocycles. The van der Waals surface area contributed by atoms with Gasteiger partial charge in [0.2, 0.25) is 0 Å². The van der Waals surface area contributed by atoms with Crippen LogP contribution in [-0.4, -0.2) is 11.5 Å². The predicted octanol–water partition coefficient (Wildman–Crippen LogP) is 4.00. The zero-order chi connectivity index (χ0) is 13.7. The van der Waals surface area contributed by atoms with Crippen LogP contribution in [0.5, 0.6) is 0 Å². The first-order valence-corrected chi connectivity index (χ1v) is 7.19. The summed E-state index contributed by atoms with van der Waals surface area (Å²) in [4.78, 5) is 4.22. The number of rotatable bonds is 5. The van der Waals surface area contributed by atoms with Crippen LogP contribution in [0.1, 0.15) is 18.0 Å². The van der Waals surface area contributed by atoms with Gasteiger partial charge < -0.3 is 11.1 Å². The summed E-state index contributed by atoms with van der Waals surface area (Å²) in [5.41, 5.74) is 7.27. The molecule has 0 amide bonds. The first-order chi connectivity index (χ1) is 9.16. The van der Waals surface area contributed by atoms with Crippen LogP contribution in [0.3, 0.4) is 0 Å². The number of nitrogens with two attached hydrogens (primary N) is 1. The molecule has 1 atom stereocenters. The summed E-state index contributed by atoms with van der Waals surface area (Å²) in [6.45, 7) is 0.753. The van der Waals surface area contributed by atoms with E-state index in [1.165, 1.54) is 0 Å². The molecule has 100 valence electrons. The van der Waals surface area contributed by atoms with Crippen LogP contribution in [0.2, 0.25) is 5.02 Å². The molecule has 0 spiro atoms. The fraction of sp³-hybridized carbons (Fsp3) is 0.214. The SMILES string of the molecule is NC(CCNc1ncc(Cl)cc1Br)c1ccccc1. The van der Waals surface area contributed by atoms with Gasteiger partial charge in [-0.15, -0.1) is 0 Å². The Hall–Kier alpha value is -1.10. The van der Waals surface area contributed by atoms with E-state index in [1.807, 2.05) is 36.4 Å². The summed E-state index contributed by atoms with van der Waals surface area (Å²) in [6, 6.07) is 11.9. The van der Waals surface area contributed by atoms with E-state index in [-0.39, 0.29) is 6.04 Å². The number of nitrogens with one attached hydrogen (secondary N) is 1. The third kappa shape index (κ3) is 4.20. The third-order valence-corrected chi connectivity index (χ3v) is 3.59. The first kappa shape index (κ1) is 14.3. The monoisotopic (exact) mass is 339 g/mol. The van der Waals surface area contributed by atoms with Gasteiger partial charge in [0.1, 0.15) is 5.82 Å². The number of aromatic nitrogens is 1. The second-order valence-electron chi connectivity index (χ2n) is 4.22. The Bertz CT molecular complexity index is 533. The molecule has 0 saturated heterocycles. The highest BCUT2D eigenvalue weighted by Crippen LogP contribution is 2.23. The molecule has 0 aliphatic heterocycles. The van der Waals surface area contributed by atoms with Crippen molar-refractivity contribution in [3.63, 3.8) is 0 Å². The smallest absolute Gasteiger partial charge is 0.140 e. The summed E-state index contributed by atoms with van der Waals surface area (Å²) in [7, 11) is 0. The molecule has 3 N–H and O–H groups in total. The molecule has 0 fully saturated rings. The second kappa shape index (κ2) is 6.89. The minimum atomic E-state index is 0.0276. The van der Waals surface area contributed by atoms with E-state index in [0.29, 0.717) is 5.02 Å². The molecule has 5 heteroatoms. The molecule has 0 radical (unpaired) electrons. The molecule has 1 unspecified atom stereocenters. The van der Waals surface area contributed by atoms with Gasteiger partial charge in [0, 0.05) is 18.8 Å². The summed E-state index contributed by atoms with van der Waals surface area (Å²) in [5.74, 6) is 0.782. The van der Waals surface area contributed by atoms with Crippen molar-refractivity contribution in [3.05, 3.63) is 57.7 Å². The van der Waals surface area contributed by atoms with Crippen molar-refractivity contribution >= 4 is 33.3 Å². The summed E-state index contributed by atoms with van der Waals surface area (Å²) < 4.78 is 0.855. The fourth-order valence-electron chi connectivity index (χ4n) is 1.76. The summed E-state index contributed by atoms with van der Waals surface area (Å²) in [6.07, 6.45) is 2.45. The van der Waals surface area contributed by atoms with Gasteiger partial charge in [-0.25, -0.2) is 4.98 Å². The Morgan fingerprint density at radius 1 is 1.32 bits per heavy atom. The van der Waals surface area contributed by atoms with Crippen LogP contribution in [0.15, 0.2) is 47.1 Å². The van der Waals surface area contributed by atoms with Crippen LogP contribution in [-0.2, 0) is 0 Å². The lowest BCUT2D eigenvalue weighted by Crippen LogP contribution is -2.15. The minimum absolute atomic E-state index is 0.0276.